The van der Waals surface area contributed by atoms with Crippen molar-refractivity contribution in [2.75, 3.05) is 5.32 Å². The van der Waals surface area contributed by atoms with E-state index in [9.17, 15) is 14.9 Å². The largest absolute Gasteiger partial charge is 0.326 e. The Balaban J connectivity index is 1.78. The third-order valence-corrected chi connectivity index (χ3v) is 6.34. The molecule has 0 bridgehead atoms. The summed E-state index contributed by atoms with van der Waals surface area (Å²) in [6.45, 7) is 7.79. The Morgan fingerprint density at radius 2 is 1.87 bits per heavy atom. The van der Waals surface area contributed by atoms with Crippen molar-refractivity contribution in [3.63, 3.8) is 0 Å². The molecule has 31 heavy (non-hydrogen) atoms. The van der Waals surface area contributed by atoms with Crippen LogP contribution in [0.3, 0.4) is 0 Å². The van der Waals surface area contributed by atoms with Crippen LogP contribution in [0.4, 0.5) is 11.4 Å². The van der Waals surface area contributed by atoms with Crippen LogP contribution in [0.1, 0.15) is 23.9 Å². The molecule has 3 rings (SSSR count). The monoisotopic (exact) mass is 458 g/mol. The highest BCUT2D eigenvalue weighted by Gasteiger charge is 2.19. The minimum absolute atomic E-state index is 0.0783. The number of nitrogens with zero attached hydrogens (tertiary/aromatic N) is 3. The molecule has 1 heterocycles. The number of rotatable bonds is 7. The van der Waals surface area contributed by atoms with Gasteiger partial charge in [0, 0.05) is 27.6 Å². The number of non-ortho nitro benzene ring substituents is 1. The van der Waals surface area contributed by atoms with Gasteiger partial charge in [-0.2, -0.15) is 5.10 Å². The second kappa shape index (κ2) is 9.53. The molecular formula is C22H23ClN4O3S. The number of aromatic nitrogens is 2. The summed E-state index contributed by atoms with van der Waals surface area (Å²) >= 11 is 7.58. The summed E-state index contributed by atoms with van der Waals surface area (Å²) in [6, 6.07) is 12.5. The number of hydrogen-bond acceptors (Lipinski definition) is 5. The molecule has 1 N–H and O–H groups in total. The lowest BCUT2D eigenvalue weighted by Gasteiger charge is -2.14. The van der Waals surface area contributed by atoms with E-state index < -0.39 is 10.8 Å². The zero-order valence-corrected chi connectivity index (χ0v) is 19.3. The fraction of sp³-hybridized carbons (Fsp3) is 0.273. The normalized spacial score (nSPS) is 11.9. The van der Waals surface area contributed by atoms with Crippen LogP contribution in [0, 0.1) is 36.8 Å². The topological polar surface area (TPSA) is 90.1 Å². The predicted molar refractivity (Wildman–Crippen MR) is 123 cm³/mol. The molecule has 0 radical (unpaired) electrons. The molecule has 0 saturated heterocycles. The number of nitro groups is 1. The number of benzene rings is 2. The summed E-state index contributed by atoms with van der Waals surface area (Å²) in [7, 11) is 0. The Morgan fingerprint density at radius 1 is 1.19 bits per heavy atom. The number of carbonyl (C=O) groups is 1. The molecule has 0 aliphatic carbocycles. The van der Waals surface area contributed by atoms with Gasteiger partial charge in [-0.3, -0.25) is 19.6 Å². The van der Waals surface area contributed by atoms with E-state index in [1.807, 2.05) is 45.0 Å². The Kier molecular flexibility index (Phi) is 7.02. The lowest BCUT2D eigenvalue weighted by Crippen LogP contribution is -2.25. The van der Waals surface area contributed by atoms with Gasteiger partial charge in [0.25, 0.3) is 5.69 Å². The molecule has 162 valence electrons. The molecular weight excluding hydrogens is 436 g/mol. The van der Waals surface area contributed by atoms with Gasteiger partial charge in [0.2, 0.25) is 5.91 Å². The van der Waals surface area contributed by atoms with Gasteiger partial charge in [-0.15, -0.1) is 0 Å². The fourth-order valence-electron chi connectivity index (χ4n) is 3.02. The van der Waals surface area contributed by atoms with E-state index in [0.717, 1.165) is 16.2 Å². The molecule has 0 fully saturated rings. The molecule has 0 saturated carbocycles. The van der Waals surface area contributed by atoms with Crippen LogP contribution in [0.25, 0.3) is 0 Å². The van der Waals surface area contributed by atoms with Gasteiger partial charge < -0.3 is 5.32 Å². The van der Waals surface area contributed by atoms with Gasteiger partial charge in [-0.05, 0) is 39.0 Å². The molecule has 3 aromatic rings. The van der Waals surface area contributed by atoms with E-state index in [1.165, 1.54) is 23.9 Å². The molecule has 0 aliphatic rings. The Labute approximate surface area is 189 Å². The zero-order valence-electron chi connectivity index (χ0n) is 17.7. The summed E-state index contributed by atoms with van der Waals surface area (Å²) in [5, 5.41) is 19.1. The number of nitro benzene ring substituents is 1. The maximum absolute atomic E-state index is 12.7. The second-order valence-electron chi connectivity index (χ2n) is 7.45. The van der Waals surface area contributed by atoms with E-state index in [0.29, 0.717) is 27.8 Å². The maximum Gasteiger partial charge on any atom is 0.272 e. The van der Waals surface area contributed by atoms with Crippen molar-refractivity contribution >= 4 is 40.6 Å². The Morgan fingerprint density at radius 3 is 2.45 bits per heavy atom. The lowest BCUT2D eigenvalue weighted by molar-refractivity contribution is -0.385. The number of aryl methyl sites for hydroxylation is 2. The average Bonchev–Trinajstić information content (AvgIpc) is 2.96. The quantitative estimate of drug-likeness (QED) is 0.357. The third-order valence-electron chi connectivity index (χ3n) is 4.81. The van der Waals surface area contributed by atoms with Crippen LogP contribution < -0.4 is 5.32 Å². The summed E-state index contributed by atoms with van der Waals surface area (Å²) in [5.74, 6) is -0.669. The zero-order chi connectivity index (χ0) is 22.7. The standard InChI is InChI=1S/C22H23ClN4O3S/c1-13-5-7-19(8-6-13)31-20-10-17(9-18(11-20)27(29)30)24-22(28)14(2)12-26-16(4)21(23)15(3)25-26/h5-11,14H,12H2,1-4H3,(H,24,28). The second-order valence-corrected chi connectivity index (χ2v) is 8.97. The van der Waals surface area contributed by atoms with Gasteiger partial charge in [0.15, 0.2) is 0 Å². The van der Waals surface area contributed by atoms with Gasteiger partial charge >= 0.3 is 0 Å². The van der Waals surface area contributed by atoms with E-state index >= 15 is 0 Å². The van der Waals surface area contributed by atoms with Crippen molar-refractivity contribution in [2.24, 2.45) is 5.92 Å². The minimum atomic E-state index is -0.462. The third kappa shape index (κ3) is 5.65. The van der Waals surface area contributed by atoms with Crippen LogP contribution in [-0.4, -0.2) is 20.6 Å². The first-order valence-corrected chi connectivity index (χ1v) is 10.9. The van der Waals surface area contributed by atoms with Crippen molar-refractivity contribution < 1.29 is 9.72 Å². The number of amides is 1. The van der Waals surface area contributed by atoms with Gasteiger partial charge in [0.1, 0.15) is 0 Å². The van der Waals surface area contributed by atoms with Gasteiger partial charge in [-0.25, -0.2) is 0 Å². The first kappa shape index (κ1) is 22.8. The fourth-order valence-corrected chi connectivity index (χ4v) is 4.07. The highest BCUT2D eigenvalue weighted by molar-refractivity contribution is 7.99. The Hall–Kier alpha value is -2.84. The van der Waals surface area contributed by atoms with E-state index in [1.54, 1.807) is 17.7 Å². The number of anilines is 1. The van der Waals surface area contributed by atoms with Crippen molar-refractivity contribution in [3.05, 3.63) is 74.6 Å². The van der Waals surface area contributed by atoms with E-state index in [2.05, 4.69) is 10.4 Å². The smallest absolute Gasteiger partial charge is 0.272 e. The minimum Gasteiger partial charge on any atom is -0.326 e. The first-order chi connectivity index (χ1) is 14.6. The molecule has 9 heteroatoms. The highest BCUT2D eigenvalue weighted by Crippen LogP contribution is 2.33. The number of hydrogen-bond donors (Lipinski definition) is 1. The number of halogens is 1. The van der Waals surface area contributed by atoms with Crippen LogP contribution in [0.2, 0.25) is 5.02 Å². The van der Waals surface area contributed by atoms with Crippen LogP contribution in [0.5, 0.6) is 0 Å². The summed E-state index contributed by atoms with van der Waals surface area (Å²) in [6.07, 6.45) is 0. The number of nitrogens with one attached hydrogen (secondary N) is 1. The molecule has 0 spiro atoms. The predicted octanol–water partition coefficient (Wildman–Crippen LogP) is 5.80. The maximum atomic E-state index is 12.7. The average molecular weight is 459 g/mol. The van der Waals surface area contributed by atoms with Crippen molar-refractivity contribution in [3.8, 4) is 0 Å². The summed E-state index contributed by atoms with van der Waals surface area (Å²) < 4.78 is 1.70. The number of carbonyl (C=O) groups excluding carboxylic acids is 1. The van der Waals surface area contributed by atoms with E-state index in [4.69, 9.17) is 11.6 Å². The van der Waals surface area contributed by atoms with Crippen molar-refractivity contribution in [1.29, 1.82) is 0 Å². The molecule has 7 nitrogen and oxygen atoms in total. The summed E-state index contributed by atoms with van der Waals surface area (Å²) in [5.41, 5.74) is 2.95. The first-order valence-electron chi connectivity index (χ1n) is 9.68. The molecule has 2 aromatic carbocycles. The SMILES string of the molecule is Cc1ccc(Sc2cc(NC(=O)C(C)Cn3nc(C)c(Cl)c3C)cc([N+](=O)[O-])c2)cc1. The molecule has 0 aliphatic heterocycles. The lowest BCUT2D eigenvalue weighted by atomic mass is 10.1. The molecule has 1 atom stereocenters. The van der Waals surface area contributed by atoms with E-state index in [-0.39, 0.29) is 11.6 Å². The van der Waals surface area contributed by atoms with Crippen molar-refractivity contribution in [1.82, 2.24) is 9.78 Å². The molecule has 1 amide bonds. The summed E-state index contributed by atoms with van der Waals surface area (Å²) in [4.78, 5) is 25.3. The van der Waals surface area contributed by atoms with Crippen LogP contribution >= 0.6 is 23.4 Å². The highest BCUT2D eigenvalue weighted by atomic mass is 35.5. The molecule has 1 unspecified atom stereocenters. The Bertz CT molecular complexity index is 1130. The van der Waals surface area contributed by atoms with Gasteiger partial charge in [-0.1, -0.05) is 48.0 Å². The van der Waals surface area contributed by atoms with Crippen LogP contribution in [-0.2, 0) is 11.3 Å². The van der Waals surface area contributed by atoms with Crippen molar-refractivity contribution in [2.45, 2.75) is 44.0 Å². The van der Waals surface area contributed by atoms with Crippen LogP contribution in [0.15, 0.2) is 52.3 Å². The molecule has 1 aromatic heterocycles. The van der Waals surface area contributed by atoms with Gasteiger partial charge in [0.05, 0.1) is 33.8 Å².